The van der Waals surface area contributed by atoms with Crippen molar-refractivity contribution in [1.82, 2.24) is 10.2 Å². The Bertz CT molecular complexity index is 776. The van der Waals surface area contributed by atoms with Crippen molar-refractivity contribution in [3.63, 3.8) is 0 Å². The average Bonchev–Trinajstić information content (AvgIpc) is 2.59. The fourth-order valence-corrected chi connectivity index (χ4v) is 3.05. The van der Waals surface area contributed by atoms with Gasteiger partial charge in [-0.2, -0.15) is 0 Å². The largest absolute Gasteiger partial charge is 0.355 e. The Morgan fingerprint density at radius 1 is 1.12 bits per heavy atom. The first-order valence-corrected chi connectivity index (χ1v) is 9.15. The number of benzene rings is 2. The van der Waals surface area contributed by atoms with E-state index in [4.69, 9.17) is 11.6 Å². The standard InChI is InChI=1S/C21H25ClN2O2/c1-4-23-21(26)16(3)24(14-18-9-5-7-15(2)11-18)20(25)13-17-8-6-10-19(22)12-17/h5-12,16H,4,13-14H2,1-3H3,(H,23,26)/t16-/m1/s1. The second-order valence-corrected chi connectivity index (χ2v) is 6.82. The molecule has 2 aromatic rings. The van der Waals surface area contributed by atoms with E-state index in [-0.39, 0.29) is 18.2 Å². The first kappa shape index (κ1) is 20.0. The van der Waals surface area contributed by atoms with Crippen LogP contribution in [0.25, 0.3) is 0 Å². The number of hydrogen-bond donors (Lipinski definition) is 1. The van der Waals surface area contributed by atoms with Crippen LogP contribution < -0.4 is 5.32 Å². The Balaban J connectivity index is 2.23. The molecule has 1 N–H and O–H groups in total. The minimum absolute atomic E-state index is 0.104. The third-order valence-electron chi connectivity index (χ3n) is 4.20. The molecule has 26 heavy (non-hydrogen) atoms. The first-order chi connectivity index (χ1) is 12.4. The summed E-state index contributed by atoms with van der Waals surface area (Å²) >= 11 is 6.02. The monoisotopic (exact) mass is 372 g/mol. The van der Waals surface area contributed by atoms with Crippen LogP contribution in [0.1, 0.15) is 30.5 Å². The molecule has 138 valence electrons. The van der Waals surface area contributed by atoms with Crippen LogP contribution in [0.4, 0.5) is 0 Å². The van der Waals surface area contributed by atoms with Crippen molar-refractivity contribution >= 4 is 23.4 Å². The quantitative estimate of drug-likeness (QED) is 0.804. The lowest BCUT2D eigenvalue weighted by Crippen LogP contribution is -2.48. The zero-order valence-electron chi connectivity index (χ0n) is 15.5. The van der Waals surface area contributed by atoms with Gasteiger partial charge in [-0.3, -0.25) is 9.59 Å². The van der Waals surface area contributed by atoms with Gasteiger partial charge in [0.15, 0.2) is 0 Å². The minimum atomic E-state index is -0.554. The molecule has 2 amide bonds. The fourth-order valence-electron chi connectivity index (χ4n) is 2.83. The van der Waals surface area contributed by atoms with E-state index in [0.717, 1.165) is 16.7 Å². The van der Waals surface area contributed by atoms with Gasteiger partial charge in [0, 0.05) is 18.1 Å². The van der Waals surface area contributed by atoms with Crippen molar-refractivity contribution in [2.45, 2.75) is 39.8 Å². The van der Waals surface area contributed by atoms with Gasteiger partial charge in [-0.05, 0) is 44.0 Å². The minimum Gasteiger partial charge on any atom is -0.355 e. The molecule has 0 aromatic heterocycles. The molecule has 0 aliphatic rings. The highest BCUT2D eigenvalue weighted by atomic mass is 35.5. The highest BCUT2D eigenvalue weighted by Gasteiger charge is 2.25. The van der Waals surface area contributed by atoms with E-state index < -0.39 is 6.04 Å². The van der Waals surface area contributed by atoms with Crippen LogP contribution in [0.5, 0.6) is 0 Å². The Morgan fingerprint density at radius 2 is 1.81 bits per heavy atom. The molecule has 0 fully saturated rings. The Morgan fingerprint density at radius 3 is 2.46 bits per heavy atom. The number of amides is 2. The van der Waals surface area contributed by atoms with Gasteiger partial charge in [0.2, 0.25) is 11.8 Å². The van der Waals surface area contributed by atoms with Gasteiger partial charge in [0.05, 0.1) is 6.42 Å². The number of hydrogen-bond acceptors (Lipinski definition) is 2. The van der Waals surface area contributed by atoms with E-state index in [1.54, 1.807) is 24.0 Å². The lowest BCUT2D eigenvalue weighted by molar-refractivity contribution is -0.140. The molecule has 0 saturated heterocycles. The van der Waals surface area contributed by atoms with Crippen molar-refractivity contribution in [3.8, 4) is 0 Å². The Labute approximate surface area is 160 Å². The van der Waals surface area contributed by atoms with E-state index in [9.17, 15) is 9.59 Å². The third kappa shape index (κ3) is 5.60. The smallest absolute Gasteiger partial charge is 0.242 e. The van der Waals surface area contributed by atoms with Crippen molar-refractivity contribution in [1.29, 1.82) is 0 Å². The third-order valence-corrected chi connectivity index (χ3v) is 4.43. The average molecular weight is 373 g/mol. The number of aryl methyl sites for hydroxylation is 1. The van der Waals surface area contributed by atoms with Crippen LogP contribution in [0.2, 0.25) is 5.02 Å². The lowest BCUT2D eigenvalue weighted by atomic mass is 10.1. The fraction of sp³-hybridized carbons (Fsp3) is 0.333. The van der Waals surface area contributed by atoms with Gasteiger partial charge in [-0.15, -0.1) is 0 Å². The number of nitrogens with zero attached hydrogens (tertiary/aromatic N) is 1. The molecule has 2 aromatic carbocycles. The number of likely N-dealkylation sites (N-methyl/N-ethyl adjacent to an activating group) is 1. The molecular formula is C21H25ClN2O2. The van der Waals surface area contributed by atoms with Crippen molar-refractivity contribution in [2.24, 2.45) is 0 Å². The number of carbonyl (C=O) groups is 2. The molecule has 0 unspecified atom stereocenters. The number of rotatable bonds is 7. The van der Waals surface area contributed by atoms with Gasteiger partial charge in [0.25, 0.3) is 0 Å². The molecule has 0 aliphatic carbocycles. The molecule has 2 rings (SSSR count). The number of nitrogens with one attached hydrogen (secondary N) is 1. The van der Waals surface area contributed by atoms with Crippen molar-refractivity contribution < 1.29 is 9.59 Å². The van der Waals surface area contributed by atoms with E-state index in [2.05, 4.69) is 5.32 Å². The molecule has 4 nitrogen and oxygen atoms in total. The summed E-state index contributed by atoms with van der Waals surface area (Å²) < 4.78 is 0. The van der Waals surface area contributed by atoms with Crippen LogP contribution in [-0.4, -0.2) is 29.3 Å². The Hall–Kier alpha value is -2.33. The van der Waals surface area contributed by atoms with E-state index in [1.807, 2.05) is 50.2 Å². The van der Waals surface area contributed by atoms with Gasteiger partial charge in [0.1, 0.15) is 6.04 Å². The summed E-state index contributed by atoms with van der Waals surface area (Å²) in [6.07, 6.45) is 0.204. The van der Waals surface area contributed by atoms with Gasteiger partial charge >= 0.3 is 0 Å². The van der Waals surface area contributed by atoms with Gasteiger partial charge in [-0.1, -0.05) is 53.6 Å². The SMILES string of the molecule is CCNC(=O)[C@@H](C)N(Cc1cccc(C)c1)C(=O)Cc1cccc(Cl)c1. The number of carbonyl (C=O) groups excluding carboxylic acids is 2. The normalized spacial score (nSPS) is 11.7. The molecule has 0 radical (unpaired) electrons. The van der Waals surface area contributed by atoms with Gasteiger partial charge < -0.3 is 10.2 Å². The van der Waals surface area contributed by atoms with Crippen molar-refractivity contribution in [2.75, 3.05) is 6.54 Å². The van der Waals surface area contributed by atoms with Gasteiger partial charge in [-0.25, -0.2) is 0 Å². The molecule has 0 heterocycles. The predicted octanol–water partition coefficient (Wildman–Crippen LogP) is 3.74. The molecular weight excluding hydrogens is 348 g/mol. The zero-order valence-corrected chi connectivity index (χ0v) is 16.2. The van der Waals surface area contributed by atoms with Crippen LogP contribution in [-0.2, 0) is 22.6 Å². The van der Waals surface area contributed by atoms with E-state index in [0.29, 0.717) is 18.1 Å². The van der Waals surface area contributed by atoms with E-state index in [1.165, 1.54) is 0 Å². The maximum absolute atomic E-state index is 13.0. The Kier molecular flexibility index (Phi) is 7.22. The zero-order chi connectivity index (χ0) is 19.1. The highest BCUT2D eigenvalue weighted by Crippen LogP contribution is 2.16. The maximum Gasteiger partial charge on any atom is 0.242 e. The number of halogens is 1. The molecule has 0 spiro atoms. The summed E-state index contributed by atoms with van der Waals surface area (Å²) in [7, 11) is 0. The van der Waals surface area contributed by atoms with Crippen LogP contribution in [0.3, 0.4) is 0 Å². The van der Waals surface area contributed by atoms with E-state index >= 15 is 0 Å². The lowest BCUT2D eigenvalue weighted by Gasteiger charge is -2.29. The molecule has 5 heteroatoms. The topological polar surface area (TPSA) is 49.4 Å². The first-order valence-electron chi connectivity index (χ1n) is 8.78. The molecule has 1 atom stereocenters. The van der Waals surface area contributed by atoms with Crippen LogP contribution in [0, 0.1) is 6.92 Å². The summed E-state index contributed by atoms with van der Waals surface area (Å²) in [4.78, 5) is 26.9. The van der Waals surface area contributed by atoms with Crippen LogP contribution >= 0.6 is 11.6 Å². The maximum atomic E-state index is 13.0. The summed E-state index contributed by atoms with van der Waals surface area (Å²) in [6.45, 7) is 6.55. The molecule has 0 saturated carbocycles. The summed E-state index contributed by atoms with van der Waals surface area (Å²) in [5, 5.41) is 3.39. The van der Waals surface area contributed by atoms with Crippen molar-refractivity contribution in [3.05, 3.63) is 70.2 Å². The molecule has 0 bridgehead atoms. The highest BCUT2D eigenvalue weighted by molar-refractivity contribution is 6.30. The summed E-state index contributed by atoms with van der Waals surface area (Å²) in [5.74, 6) is -0.257. The van der Waals surface area contributed by atoms with Crippen LogP contribution in [0.15, 0.2) is 48.5 Å². The second kappa shape index (κ2) is 9.39. The summed E-state index contributed by atoms with van der Waals surface area (Å²) in [6, 6.07) is 14.7. The predicted molar refractivity (Wildman–Crippen MR) is 105 cm³/mol. The second-order valence-electron chi connectivity index (χ2n) is 6.39. The molecule has 0 aliphatic heterocycles. The summed E-state index contributed by atoms with van der Waals surface area (Å²) in [5.41, 5.74) is 2.95.